The molecule has 0 saturated carbocycles. The molecule has 0 bridgehead atoms. The number of nitrogens with zero attached hydrogens (tertiary/aromatic N) is 1. The van der Waals surface area contributed by atoms with Crippen LogP contribution in [0, 0.1) is 5.92 Å². The summed E-state index contributed by atoms with van der Waals surface area (Å²) in [7, 11) is -1.25. The lowest BCUT2D eigenvalue weighted by Crippen LogP contribution is -2.26. The molecule has 18 heavy (non-hydrogen) atoms. The number of benzene rings is 1. The van der Waals surface area contributed by atoms with Crippen molar-refractivity contribution >= 4 is 15.5 Å². The van der Waals surface area contributed by atoms with Crippen LogP contribution in [0.3, 0.4) is 0 Å². The molecule has 5 heteroatoms. The molecule has 1 aliphatic heterocycles. The Bertz CT molecular complexity index is 507. The van der Waals surface area contributed by atoms with E-state index in [0.29, 0.717) is 10.8 Å². The summed E-state index contributed by atoms with van der Waals surface area (Å²) in [5, 5.41) is 0. The van der Waals surface area contributed by atoms with Crippen molar-refractivity contribution in [1.29, 1.82) is 0 Å². The third kappa shape index (κ3) is 3.03. The van der Waals surface area contributed by atoms with Gasteiger partial charge in [-0.25, -0.2) is 8.42 Å². The van der Waals surface area contributed by atoms with Crippen LogP contribution in [0.4, 0.5) is 5.69 Å². The molecule has 2 rings (SSSR count). The second kappa shape index (κ2) is 5.28. The molecule has 4 nitrogen and oxygen atoms in total. The lowest BCUT2D eigenvalue weighted by Gasteiger charge is -2.24. The van der Waals surface area contributed by atoms with Gasteiger partial charge in [0.1, 0.15) is 0 Å². The van der Waals surface area contributed by atoms with Gasteiger partial charge in [0.2, 0.25) is 0 Å². The second-order valence-electron chi connectivity index (χ2n) is 4.85. The van der Waals surface area contributed by atoms with Crippen LogP contribution in [0.25, 0.3) is 0 Å². The minimum absolute atomic E-state index is 0.395. The van der Waals surface area contributed by atoms with E-state index >= 15 is 0 Å². The maximum absolute atomic E-state index is 11.7. The number of ether oxygens (including phenoxy) is 1. The van der Waals surface area contributed by atoms with Gasteiger partial charge in [-0.05, 0) is 18.6 Å². The van der Waals surface area contributed by atoms with Crippen molar-refractivity contribution in [3.05, 3.63) is 24.3 Å². The first-order valence-corrected chi connectivity index (χ1v) is 7.95. The lowest BCUT2D eigenvalue weighted by molar-refractivity contribution is 0.186. The average Bonchev–Trinajstić information content (AvgIpc) is 2.80. The number of rotatable bonds is 4. The maximum Gasteiger partial charge on any atom is 0.177 e. The molecule has 0 aromatic heterocycles. The molecular weight excluding hydrogens is 250 g/mol. The first-order valence-electron chi connectivity index (χ1n) is 6.06. The Labute approximate surface area is 108 Å². The van der Waals surface area contributed by atoms with E-state index in [1.807, 2.05) is 24.1 Å². The third-order valence-corrected chi connectivity index (χ3v) is 4.38. The van der Waals surface area contributed by atoms with Crippen molar-refractivity contribution in [2.75, 3.05) is 38.0 Å². The van der Waals surface area contributed by atoms with Crippen molar-refractivity contribution in [3.63, 3.8) is 0 Å². The smallest absolute Gasteiger partial charge is 0.177 e. The molecule has 100 valence electrons. The van der Waals surface area contributed by atoms with E-state index in [2.05, 4.69) is 0 Å². The van der Waals surface area contributed by atoms with Gasteiger partial charge in [-0.1, -0.05) is 12.1 Å². The number of sulfone groups is 1. The van der Waals surface area contributed by atoms with Gasteiger partial charge in [-0.2, -0.15) is 0 Å². The van der Waals surface area contributed by atoms with Crippen molar-refractivity contribution < 1.29 is 13.2 Å². The standard InChI is InChI=1S/C13H19NO3S/c1-14(9-11-7-8-17-10-11)12-5-3-4-6-13(12)18(2,15)16/h3-6,11H,7-10H2,1-2H3/t11-/m1/s1. The molecule has 1 aromatic rings. The predicted molar refractivity (Wildman–Crippen MR) is 71.7 cm³/mol. The number of hydrogen-bond acceptors (Lipinski definition) is 4. The Hall–Kier alpha value is -1.07. The van der Waals surface area contributed by atoms with Crippen molar-refractivity contribution in [1.82, 2.24) is 0 Å². The first kappa shape index (κ1) is 13.4. The van der Waals surface area contributed by atoms with Crippen LogP contribution in [0.15, 0.2) is 29.2 Å². The quantitative estimate of drug-likeness (QED) is 0.832. The van der Waals surface area contributed by atoms with Gasteiger partial charge in [0.05, 0.1) is 17.2 Å². The second-order valence-corrected chi connectivity index (χ2v) is 6.83. The van der Waals surface area contributed by atoms with Crippen LogP contribution in [-0.2, 0) is 14.6 Å². The number of para-hydroxylation sites is 1. The summed E-state index contributed by atoms with van der Waals surface area (Å²) in [6.45, 7) is 2.41. The zero-order valence-corrected chi connectivity index (χ0v) is 11.6. The predicted octanol–water partition coefficient (Wildman–Crippen LogP) is 1.56. The normalized spacial score (nSPS) is 20.0. The van der Waals surface area contributed by atoms with E-state index in [1.54, 1.807) is 12.1 Å². The molecule has 1 aromatic carbocycles. The van der Waals surface area contributed by atoms with E-state index in [-0.39, 0.29) is 0 Å². The highest BCUT2D eigenvalue weighted by molar-refractivity contribution is 7.90. The topological polar surface area (TPSA) is 46.6 Å². The summed E-state index contributed by atoms with van der Waals surface area (Å²) < 4.78 is 28.8. The zero-order valence-electron chi connectivity index (χ0n) is 10.8. The summed E-state index contributed by atoms with van der Waals surface area (Å²) in [5.41, 5.74) is 0.770. The SMILES string of the molecule is CN(C[C@H]1CCOC1)c1ccccc1S(C)(=O)=O. The van der Waals surface area contributed by atoms with E-state index < -0.39 is 9.84 Å². The van der Waals surface area contributed by atoms with Gasteiger partial charge >= 0.3 is 0 Å². The molecule has 0 aliphatic carbocycles. The lowest BCUT2D eigenvalue weighted by atomic mass is 10.1. The highest BCUT2D eigenvalue weighted by Crippen LogP contribution is 2.25. The van der Waals surface area contributed by atoms with E-state index in [0.717, 1.165) is 31.9 Å². The van der Waals surface area contributed by atoms with Crippen molar-refractivity contribution in [3.8, 4) is 0 Å². The van der Waals surface area contributed by atoms with Gasteiger partial charge in [-0.3, -0.25) is 0 Å². The molecule has 1 fully saturated rings. The number of hydrogen-bond donors (Lipinski definition) is 0. The monoisotopic (exact) mass is 269 g/mol. The molecule has 1 aliphatic rings. The van der Waals surface area contributed by atoms with Crippen LogP contribution in [-0.4, -0.2) is 41.5 Å². The fraction of sp³-hybridized carbons (Fsp3) is 0.538. The minimum Gasteiger partial charge on any atom is -0.381 e. The Morgan fingerprint density at radius 1 is 1.39 bits per heavy atom. The fourth-order valence-electron chi connectivity index (χ4n) is 2.30. The first-order chi connectivity index (χ1) is 8.48. The fourth-order valence-corrected chi connectivity index (χ4v) is 3.23. The van der Waals surface area contributed by atoms with Crippen molar-refractivity contribution in [2.45, 2.75) is 11.3 Å². The highest BCUT2D eigenvalue weighted by atomic mass is 32.2. The highest BCUT2D eigenvalue weighted by Gasteiger charge is 2.21. The summed E-state index contributed by atoms with van der Waals surface area (Å²) in [6, 6.07) is 7.14. The van der Waals surface area contributed by atoms with Gasteiger partial charge in [0.25, 0.3) is 0 Å². The van der Waals surface area contributed by atoms with Gasteiger partial charge in [-0.15, -0.1) is 0 Å². The van der Waals surface area contributed by atoms with E-state index in [4.69, 9.17) is 4.74 Å². The minimum atomic E-state index is -3.19. The summed E-state index contributed by atoms with van der Waals surface area (Å²) in [6.07, 6.45) is 2.30. The molecule has 0 N–H and O–H groups in total. The largest absolute Gasteiger partial charge is 0.381 e. The average molecular weight is 269 g/mol. The molecular formula is C13H19NO3S. The molecule has 0 radical (unpaired) electrons. The van der Waals surface area contributed by atoms with E-state index in [9.17, 15) is 8.42 Å². The van der Waals surface area contributed by atoms with Crippen LogP contribution < -0.4 is 4.90 Å². The Morgan fingerprint density at radius 3 is 2.72 bits per heavy atom. The summed E-state index contributed by atoms with van der Waals surface area (Å²) in [4.78, 5) is 2.40. The molecule has 1 heterocycles. The van der Waals surface area contributed by atoms with Crippen LogP contribution >= 0.6 is 0 Å². The number of anilines is 1. The van der Waals surface area contributed by atoms with Crippen LogP contribution in [0.5, 0.6) is 0 Å². The summed E-state index contributed by atoms with van der Waals surface area (Å²) >= 11 is 0. The Kier molecular flexibility index (Phi) is 3.92. The van der Waals surface area contributed by atoms with Gasteiger partial charge in [0.15, 0.2) is 9.84 Å². The third-order valence-electron chi connectivity index (χ3n) is 3.23. The summed E-state index contributed by atoms with van der Waals surface area (Å²) in [5.74, 6) is 0.489. The van der Waals surface area contributed by atoms with Gasteiger partial charge < -0.3 is 9.64 Å². The molecule has 0 unspecified atom stereocenters. The molecule has 0 amide bonds. The Balaban J connectivity index is 2.21. The molecule has 1 saturated heterocycles. The molecule has 0 spiro atoms. The Morgan fingerprint density at radius 2 is 2.11 bits per heavy atom. The van der Waals surface area contributed by atoms with Crippen LogP contribution in [0.2, 0.25) is 0 Å². The zero-order chi connectivity index (χ0) is 13.2. The molecule has 1 atom stereocenters. The van der Waals surface area contributed by atoms with Crippen molar-refractivity contribution in [2.24, 2.45) is 5.92 Å². The van der Waals surface area contributed by atoms with Crippen LogP contribution in [0.1, 0.15) is 6.42 Å². The van der Waals surface area contributed by atoms with Gasteiger partial charge in [0, 0.05) is 32.4 Å². The van der Waals surface area contributed by atoms with E-state index in [1.165, 1.54) is 6.26 Å². The maximum atomic E-state index is 11.7.